The Morgan fingerprint density at radius 3 is 2.11 bits per heavy atom. The SMILES string of the molecule is Cc1ccc(S(=O)(=O)N(CC(=O)NCc2ccccc2CN2CCCC2)c2cc(C)cc(C)c2)cc1. The van der Waals surface area contributed by atoms with Crippen LogP contribution in [0.15, 0.2) is 71.6 Å². The lowest BCUT2D eigenvalue weighted by atomic mass is 10.1. The molecule has 0 atom stereocenters. The Hall–Kier alpha value is -3.16. The van der Waals surface area contributed by atoms with Crippen LogP contribution in [0, 0.1) is 20.8 Å². The number of likely N-dealkylation sites (tertiary alicyclic amines) is 1. The monoisotopic (exact) mass is 505 g/mol. The van der Waals surface area contributed by atoms with Crippen LogP contribution >= 0.6 is 0 Å². The summed E-state index contributed by atoms with van der Waals surface area (Å²) in [4.78, 5) is 15.7. The topological polar surface area (TPSA) is 69.7 Å². The third-order valence-electron chi connectivity index (χ3n) is 6.58. The smallest absolute Gasteiger partial charge is 0.264 e. The van der Waals surface area contributed by atoms with Gasteiger partial charge in [-0.25, -0.2) is 8.42 Å². The number of hydrogen-bond acceptors (Lipinski definition) is 4. The van der Waals surface area contributed by atoms with Gasteiger partial charge >= 0.3 is 0 Å². The summed E-state index contributed by atoms with van der Waals surface area (Å²) >= 11 is 0. The van der Waals surface area contributed by atoms with Gasteiger partial charge in [0.25, 0.3) is 10.0 Å². The number of amides is 1. The van der Waals surface area contributed by atoms with E-state index in [4.69, 9.17) is 0 Å². The lowest BCUT2D eigenvalue weighted by Crippen LogP contribution is -2.41. The zero-order valence-electron chi connectivity index (χ0n) is 21.3. The van der Waals surface area contributed by atoms with E-state index in [0.29, 0.717) is 12.2 Å². The van der Waals surface area contributed by atoms with Crippen molar-refractivity contribution in [2.75, 3.05) is 23.9 Å². The molecule has 1 aliphatic rings. The van der Waals surface area contributed by atoms with E-state index in [1.54, 1.807) is 36.4 Å². The maximum absolute atomic E-state index is 13.7. The summed E-state index contributed by atoms with van der Waals surface area (Å²) in [6.45, 7) is 8.87. The van der Waals surface area contributed by atoms with Crippen molar-refractivity contribution in [2.45, 2.75) is 51.6 Å². The molecule has 1 fully saturated rings. The van der Waals surface area contributed by atoms with E-state index in [-0.39, 0.29) is 17.3 Å². The van der Waals surface area contributed by atoms with E-state index in [1.165, 1.54) is 22.7 Å². The fourth-order valence-corrected chi connectivity index (χ4v) is 6.10. The molecule has 1 amide bonds. The number of hydrogen-bond donors (Lipinski definition) is 1. The number of carbonyl (C=O) groups is 1. The molecule has 190 valence electrons. The summed E-state index contributed by atoms with van der Waals surface area (Å²) in [7, 11) is -3.94. The number of nitrogens with one attached hydrogen (secondary N) is 1. The summed E-state index contributed by atoms with van der Waals surface area (Å²) in [5, 5.41) is 2.96. The van der Waals surface area contributed by atoms with E-state index >= 15 is 0 Å². The van der Waals surface area contributed by atoms with Crippen LogP contribution in [0.5, 0.6) is 0 Å². The van der Waals surface area contributed by atoms with E-state index in [1.807, 2.05) is 45.0 Å². The van der Waals surface area contributed by atoms with Crippen LogP contribution in [0.4, 0.5) is 5.69 Å². The predicted molar refractivity (Wildman–Crippen MR) is 144 cm³/mol. The van der Waals surface area contributed by atoms with Gasteiger partial charge in [0.05, 0.1) is 10.6 Å². The highest BCUT2D eigenvalue weighted by atomic mass is 32.2. The van der Waals surface area contributed by atoms with E-state index < -0.39 is 10.0 Å². The number of nitrogens with zero attached hydrogens (tertiary/aromatic N) is 2. The van der Waals surface area contributed by atoms with Gasteiger partial charge in [-0.3, -0.25) is 14.0 Å². The minimum absolute atomic E-state index is 0.163. The van der Waals surface area contributed by atoms with Crippen molar-refractivity contribution in [3.05, 3.63) is 94.5 Å². The zero-order valence-corrected chi connectivity index (χ0v) is 22.1. The van der Waals surface area contributed by atoms with Crippen molar-refractivity contribution in [1.29, 1.82) is 0 Å². The van der Waals surface area contributed by atoms with Crippen molar-refractivity contribution in [3.8, 4) is 0 Å². The van der Waals surface area contributed by atoms with Crippen LogP contribution < -0.4 is 9.62 Å². The number of rotatable bonds is 9. The van der Waals surface area contributed by atoms with Crippen LogP contribution in [0.2, 0.25) is 0 Å². The molecule has 0 bridgehead atoms. The summed E-state index contributed by atoms with van der Waals surface area (Å²) in [6.07, 6.45) is 2.45. The Morgan fingerprint density at radius 2 is 1.47 bits per heavy atom. The van der Waals surface area contributed by atoms with Crippen LogP contribution in [0.3, 0.4) is 0 Å². The molecular formula is C29H35N3O3S. The quantitative estimate of drug-likeness (QED) is 0.457. The standard InChI is InChI=1S/C29H35N3O3S/c1-22-10-12-28(13-11-22)36(34,35)32(27-17-23(2)16-24(3)18-27)21-29(33)30-19-25-8-4-5-9-26(25)20-31-14-6-7-15-31/h4-5,8-13,16-18H,6-7,14-15,19-21H2,1-3H3,(H,30,33). The molecule has 3 aromatic carbocycles. The van der Waals surface area contributed by atoms with E-state index in [9.17, 15) is 13.2 Å². The van der Waals surface area contributed by atoms with Crippen molar-refractivity contribution in [2.24, 2.45) is 0 Å². The highest BCUT2D eigenvalue weighted by molar-refractivity contribution is 7.92. The van der Waals surface area contributed by atoms with Gasteiger partial charge in [0.15, 0.2) is 0 Å². The molecule has 1 aliphatic heterocycles. The van der Waals surface area contributed by atoms with Gasteiger partial charge in [-0.2, -0.15) is 0 Å². The molecular weight excluding hydrogens is 470 g/mol. The third-order valence-corrected chi connectivity index (χ3v) is 8.37. The number of carbonyl (C=O) groups excluding carboxylic acids is 1. The fraction of sp³-hybridized carbons (Fsp3) is 0.345. The van der Waals surface area contributed by atoms with Crippen molar-refractivity contribution in [1.82, 2.24) is 10.2 Å². The maximum Gasteiger partial charge on any atom is 0.264 e. The van der Waals surface area contributed by atoms with Crippen LogP contribution in [-0.4, -0.2) is 38.9 Å². The molecule has 0 unspecified atom stereocenters. The number of aryl methyl sites for hydroxylation is 3. The first kappa shape index (κ1) is 25.9. The van der Waals surface area contributed by atoms with Gasteiger partial charge in [0, 0.05) is 13.1 Å². The normalized spacial score (nSPS) is 14.1. The Bertz CT molecular complexity index is 1290. The molecule has 0 aliphatic carbocycles. The number of anilines is 1. The molecule has 3 aromatic rings. The van der Waals surface area contributed by atoms with Gasteiger partial charge in [0.1, 0.15) is 6.54 Å². The molecule has 0 saturated carbocycles. The second-order valence-corrected chi connectivity index (χ2v) is 11.6. The minimum atomic E-state index is -3.94. The Labute approximate surface area is 215 Å². The highest BCUT2D eigenvalue weighted by Crippen LogP contribution is 2.26. The Balaban J connectivity index is 1.55. The molecule has 0 aromatic heterocycles. The van der Waals surface area contributed by atoms with Crippen molar-refractivity contribution >= 4 is 21.6 Å². The molecule has 36 heavy (non-hydrogen) atoms. The average Bonchev–Trinajstić information content (AvgIpc) is 3.34. The fourth-order valence-electron chi connectivity index (χ4n) is 4.69. The predicted octanol–water partition coefficient (Wildman–Crippen LogP) is 4.72. The van der Waals surface area contributed by atoms with Crippen molar-refractivity contribution in [3.63, 3.8) is 0 Å². The molecule has 7 heteroatoms. The summed E-state index contributed by atoms with van der Waals surface area (Å²) in [5.74, 6) is -0.346. The largest absolute Gasteiger partial charge is 0.350 e. The molecule has 1 heterocycles. The lowest BCUT2D eigenvalue weighted by Gasteiger charge is -2.25. The first-order valence-corrected chi connectivity index (χ1v) is 13.9. The second kappa shape index (κ2) is 11.3. The zero-order chi connectivity index (χ0) is 25.7. The summed E-state index contributed by atoms with van der Waals surface area (Å²) < 4.78 is 28.5. The molecule has 6 nitrogen and oxygen atoms in total. The average molecular weight is 506 g/mol. The van der Waals surface area contributed by atoms with Gasteiger partial charge in [-0.1, -0.05) is 48.0 Å². The van der Waals surface area contributed by atoms with Gasteiger partial charge in [-0.15, -0.1) is 0 Å². The van der Waals surface area contributed by atoms with Gasteiger partial charge in [-0.05, 0) is 93.2 Å². The third kappa shape index (κ3) is 6.33. The van der Waals surface area contributed by atoms with Crippen LogP contribution in [-0.2, 0) is 27.9 Å². The maximum atomic E-state index is 13.7. The first-order chi connectivity index (χ1) is 17.2. The molecule has 1 N–H and O–H groups in total. The lowest BCUT2D eigenvalue weighted by molar-refractivity contribution is -0.119. The van der Waals surface area contributed by atoms with Gasteiger partial charge in [0.2, 0.25) is 5.91 Å². The Morgan fingerprint density at radius 1 is 0.861 bits per heavy atom. The summed E-state index contributed by atoms with van der Waals surface area (Å²) in [5.41, 5.74) is 5.57. The van der Waals surface area contributed by atoms with Crippen molar-refractivity contribution < 1.29 is 13.2 Å². The van der Waals surface area contributed by atoms with Crippen LogP contribution in [0.1, 0.15) is 40.7 Å². The first-order valence-electron chi connectivity index (χ1n) is 12.5. The summed E-state index contributed by atoms with van der Waals surface area (Å²) in [6, 6.07) is 20.4. The van der Waals surface area contributed by atoms with Crippen LogP contribution in [0.25, 0.3) is 0 Å². The number of sulfonamides is 1. The molecule has 4 rings (SSSR count). The van der Waals surface area contributed by atoms with E-state index in [0.717, 1.165) is 41.9 Å². The highest BCUT2D eigenvalue weighted by Gasteiger charge is 2.27. The van der Waals surface area contributed by atoms with Gasteiger partial charge < -0.3 is 5.32 Å². The molecule has 1 saturated heterocycles. The van der Waals surface area contributed by atoms with E-state index in [2.05, 4.69) is 16.3 Å². The Kier molecular flexibility index (Phi) is 8.11. The minimum Gasteiger partial charge on any atom is -0.350 e. The second-order valence-electron chi connectivity index (χ2n) is 9.70. The number of benzene rings is 3. The molecule has 0 spiro atoms. The molecule has 0 radical (unpaired) electrons.